The monoisotopic (exact) mass is 242 g/mol. The lowest BCUT2D eigenvalue weighted by molar-refractivity contribution is -0.116. The first-order chi connectivity index (χ1) is 7.40. The van der Waals surface area contributed by atoms with E-state index in [2.05, 4.69) is 10.3 Å². The lowest BCUT2D eigenvalue weighted by Gasteiger charge is -2.03. The number of rotatable bonds is 4. The van der Waals surface area contributed by atoms with Gasteiger partial charge in [0, 0.05) is 6.42 Å². The molecule has 0 saturated heterocycles. The number of nitrogens with zero attached hydrogens (tertiary/aromatic N) is 1. The highest BCUT2D eigenvalue weighted by atomic mass is 32.1. The van der Waals surface area contributed by atoms with Crippen molar-refractivity contribution in [1.29, 1.82) is 0 Å². The summed E-state index contributed by atoms with van der Waals surface area (Å²) in [7, 11) is 0. The Morgan fingerprint density at radius 2 is 2.12 bits per heavy atom. The molecule has 0 aromatic carbocycles. The zero-order chi connectivity index (χ0) is 12.3. The van der Waals surface area contributed by atoms with Gasteiger partial charge in [-0.2, -0.15) is 0 Å². The molecule has 1 aromatic rings. The molecule has 88 valence electrons. The van der Waals surface area contributed by atoms with Crippen LogP contribution >= 0.6 is 11.3 Å². The zero-order valence-corrected chi connectivity index (χ0v) is 10.2. The molecule has 0 saturated carbocycles. The average molecular weight is 242 g/mol. The Morgan fingerprint density at radius 1 is 1.50 bits per heavy atom. The summed E-state index contributed by atoms with van der Waals surface area (Å²) >= 11 is 0.980. The second-order valence-electron chi connectivity index (χ2n) is 3.88. The van der Waals surface area contributed by atoms with Crippen molar-refractivity contribution in [1.82, 2.24) is 4.98 Å². The maximum absolute atomic E-state index is 11.4. The van der Waals surface area contributed by atoms with E-state index in [0.717, 1.165) is 11.3 Å². The maximum Gasteiger partial charge on any atom is 0.347 e. The third kappa shape index (κ3) is 3.30. The van der Waals surface area contributed by atoms with Crippen molar-refractivity contribution < 1.29 is 14.7 Å². The Hall–Kier alpha value is -1.43. The number of carboxylic acids is 1. The fourth-order valence-electron chi connectivity index (χ4n) is 1.19. The fraction of sp³-hybridized carbons (Fsp3) is 0.500. The van der Waals surface area contributed by atoms with Gasteiger partial charge >= 0.3 is 5.97 Å². The van der Waals surface area contributed by atoms with Crippen LogP contribution in [0.1, 0.15) is 35.6 Å². The number of aromatic carboxylic acids is 1. The number of hydrogen-bond donors (Lipinski definition) is 2. The number of aromatic nitrogens is 1. The van der Waals surface area contributed by atoms with Gasteiger partial charge < -0.3 is 10.4 Å². The number of nitrogens with one attached hydrogen (secondary N) is 1. The largest absolute Gasteiger partial charge is 0.477 e. The molecule has 1 amide bonds. The highest BCUT2D eigenvalue weighted by Crippen LogP contribution is 2.22. The third-order valence-corrected chi connectivity index (χ3v) is 2.89. The van der Waals surface area contributed by atoms with Crippen molar-refractivity contribution in [2.75, 3.05) is 5.32 Å². The first kappa shape index (κ1) is 12.6. The van der Waals surface area contributed by atoms with Crippen LogP contribution in [0.2, 0.25) is 0 Å². The van der Waals surface area contributed by atoms with Crippen LogP contribution in [0, 0.1) is 12.8 Å². The predicted molar refractivity (Wildman–Crippen MR) is 61.9 cm³/mol. The second kappa shape index (κ2) is 5.07. The summed E-state index contributed by atoms with van der Waals surface area (Å²) in [5.74, 6) is -0.889. The minimum Gasteiger partial charge on any atom is -0.477 e. The lowest BCUT2D eigenvalue weighted by atomic mass is 10.1. The number of thiazole rings is 1. The van der Waals surface area contributed by atoms with Crippen molar-refractivity contribution >= 4 is 28.3 Å². The molecule has 6 heteroatoms. The van der Waals surface area contributed by atoms with Crippen molar-refractivity contribution in [3.8, 4) is 0 Å². The maximum atomic E-state index is 11.4. The first-order valence-electron chi connectivity index (χ1n) is 4.90. The van der Waals surface area contributed by atoms with E-state index in [0.29, 0.717) is 17.2 Å². The molecule has 0 unspecified atom stereocenters. The van der Waals surface area contributed by atoms with Gasteiger partial charge in [0.25, 0.3) is 0 Å². The van der Waals surface area contributed by atoms with Gasteiger partial charge in [0.1, 0.15) is 4.88 Å². The van der Waals surface area contributed by atoms with Gasteiger partial charge in [-0.1, -0.05) is 25.2 Å². The molecule has 1 rings (SSSR count). The summed E-state index contributed by atoms with van der Waals surface area (Å²) in [6, 6.07) is 0. The predicted octanol–water partition coefficient (Wildman–Crippen LogP) is 2.13. The van der Waals surface area contributed by atoms with E-state index in [1.165, 1.54) is 0 Å². The van der Waals surface area contributed by atoms with Crippen LogP contribution in [0.25, 0.3) is 0 Å². The van der Waals surface area contributed by atoms with Crippen molar-refractivity contribution in [2.45, 2.75) is 27.2 Å². The molecule has 0 radical (unpaired) electrons. The standard InChI is InChI=1S/C10H14N2O3S/c1-5(2)4-7(13)12-10-11-6(3)8(16-10)9(14)15/h5H,4H2,1-3H3,(H,14,15)(H,11,12,13). The third-order valence-electron chi connectivity index (χ3n) is 1.83. The molecule has 5 nitrogen and oxygen atoms in total. The molecule has 0 aliphatic rings. The number of amides is 1. The van der Waals surface area contributed by atoms with Gasteiger partial charge in [-0.25, -0.2) is 9.78 Å². The first-order valence-corrected chi connectivity index (χ1v) is 5.72. The van der Waals surface area contributed by atoms with Crippen LogP contribution in [0.5, 0.6) is 0 Å². The summed E-state index contributed by atoms with van der Waals surface area (Å²) in [5, 5.41) is 11.8. The number of carbonyl (C=O) groups is 2. The van der Waals surface area contributed by atoms with Crippen LogP contribution in [0.3, 0.4) is 0 Å². The van der Waals surface area contributed by atoms with E-state index in [1.807, 2.05) is 13.8 Å². The number of anilines is 1. The molecule has 0 fully saturated rings. The molecule has 0 atom stereocenters. The minimum absolute atomic E-state index is 0.138. The number of hydrogen-bond acceptors (Lipinski definition) is 4. The highest BCUT2D eigenvalue weighted by molar-refractivity contribution is 7.17. The van der Waals surface area contributed by atoms with Crippen LogP contribution in [0.15, 0.2) is 0 Å². The van der Waals surface area contributed by atoms with E-state index >= 15 is 0 Å². The Bertz CT molecular complexity index is 412. The Labute approximate surface area is 97.5 Å². The smallest absolute Gasteiger partial charge is 0.347 e. The Morgan fingerprint density at radius 3 is 2.56 bits per heavy atom. The molecule has 1 heterocycles. The van der Waals surface area contributed by atoms with Gasteiger partial charge in [0.15, 0.2) is 5.13 Å². The summed E-state index contributed by atoms with van der Waals surface area (Å²) in [5.41, 5.74) is 0.428. The molecule has 2 N–H and O–H groups in total. The summed E-state index contributed by atoms with van der Waals surface area (Å²) in [6.45, 7) is 5.49. The zero-order valence-electron chi connectivity index (χ0n) is 9.40. The molecular weight excluding hydrogens is 228 g/mol. The van der Waals surface area contributed by atoms with Gasteiger partial charge in [-0.15, -0.1) is 0 Å². The average Bonchev–Trinajstić information content (AvgIpc) is 2.44. The minimum atomic E-state index is -1.01. The topological polar surface area (TPSA) is 79.3 Å². The molecule has 0 aliphatic heterocycles. The summed E-state index contributed by atoms with van der Waals surface area (Å²) < 4.78 is 0. The van der Waals surface area contributed by atoms with Gasteiger partial charge in [-0.3, -0.25) is 4.79 Å². The quantitative estimate of drug-likeness (QED) is 0.847. The molecule has 0 spiro atoms. The van der Waals surface area contributed by atoms with Gasteiger partial charge in [-0.05, 0) is 12.8 Å². The summed E-state index contributed by atoms with van der Waals surface area (Å²) in [6.07, 6.45) is 0.404. The van der Waals surface area contributed by atoms with Crippen molar-refractivity contribution in [2.24, 2.45) is 5.92 Å². The van der Waals surface area contributed by atoms with E-state index < -0.39 is 5.97 Å². The Balaban J connectivity index is 2.72. The van der Waals surface area contributed by atoms with E-state index in [9.17, 15) is 9.59 Å². The van der Waals surface area contributed by atoms with E-state index in [4.69, 9.17) is 5.11 Å². The molecule has 0 bridgehead atoms. The molecule has 1 aromatic heterocycles. The van der Waals surface area contributed by atoms with Crippen molar-refractivity contribution in [3.05, 3.63) is 10.6 Å². The number of carbonyl (C=O) groups excluding carboxylic acids is 1. The van der Waals surface area contributed by atoms with Crippen LogP contribution in [0.4, 0.5) is 5.13 Å². The van der Waals surface area contributed by atoms with Crippen LogP contribution in [-0.2, 0) is 4.79 Å². The molecule has 0 aliphatic carbocycles. The summed E-state index contributed by atoms with van der Waals surface area (Å²) in [4.78, 5) is 26.3. The van der Waals surface area contributed by atoms with Gasteiger partial charge in [0.05, 0.1) is 5.69 Å². The molecular formula is C10H14N2O3S. The highest BCUT2D eigenvalue weighted by Gasteiger charge is 2.15. The fourth-order valence-corrected chi connectivity index (χ4v) is 2.01. The van der Waals surface area contributed by atoms with Crippen molar-refractivity contribution in [3.63, 3.8) is 0 Å². The normalized spacial score (nSPS) is 10.5. The van der Waals surface area contributed by atoms with Crippen LogP contribution < -0.4 is 5.32 Å². The molecule has 16 heavy (non-hydrogen) atoms. The van der Waals surface area contributed by atoms with Gasteiger partial charge in [0.2, 0.25) is 5.91 Å². The Kier molecular flexibility index (Phi) is 4.00. The van der Waals surface area contributed by atoms with E-state index in [-0.39, 0.29) is 16.7 Å². The number of carboxylic acid groups (broad SMARTS) is 1. The number of aryl methyl sites for hydroxylation is 1. The van der Waals surface area contributed by atoms with Crippen LogP contribution in [-0.4, -0.2) is 22.0 Å². The van der Waals surface area contributed by atoms with E-state index in [1.54, 1.807) is 6.92 Å². The SMILES string of the molecule is Cc1nc(NC(=O)CC(C)C)sc1C(=O)O. The lowest BCUT2D eigenvalue weighted by Crippen LogP contribution is -2.13. The second-order valence-corrected chi connectivity index (χ2v) is 4.88.